The number of likely N-dealkylation sites (N-methyl/N-ethyl adjacent to an activating group) is 1. The van der Waals surface area contributed by atoms with E-state index < -0.39 is 15.7 Å². The lowest BCUT2D eigenvalue weighted by atomic mass is 10.0. The molecule has 1 amide bonds. The zero-order valence-electron chi connectivity index (χ0n) is 23.5. The van der Waals surface area contributed by atoms with Gasteiger partial charge in [0, 0.05) is 69.5 Å². The highest BCUT2D eigenvalue weighted by molar-refractivity contribution is 7.90. The molecule has 0 bridgehead atoms. The number of anilines is 4. The minimum atomic E-state index is -3.13. The lowest BCUT2D eigenvalue weighted by molar-refractivity contribution is 0.0982. The van der Waals surface area contributed by atoms with Crippen molar-refractivity contribution in [3.05, 3.63) is 35.2 Å². The molecule has 0 spiro atoms. The van der Waals surface area contributed by atoms with Gasteiger partial charge in [-0.3, -0.25) is 9.69 Å². The van der Waals surface area contributed by atoms with Crippen LogP contribution in [0, 0.1) is 6.92 Å². The Hall–Kier alpha value is -2.96. The first kappa shape index (κ1) is 29.0. The third-order valence-corrected chi connectivity index (χ3v) is 8.57. The Balaban J connectivity index is 1.46. The second kappa shape index (κ2) is 12.5. The number of carbonyl (C=O) groups excluding carboxylic acids is 1. The largest absolute Gasteiger partial charge is 0.371 e. The maximum atomic E-state index is 12.2. The predicted molar refractivity (Wildman–Crippen MR) is 157 cm³/mol. The maximum Gasteiger partial charge on any atom is 0.271 e. The third-order valence-electron chi connectivity index (χ3n) is 7.62. The predicted octanol–water partition coefficient (Wildman–Crippen LogP) is 1.86. The summed E-state index contributed by atoms with van der Waals surface area (Å²) in [4.78, 5) is 28.7. The van der Waals surface area contributed by atoms with Crippen molar-refractivity contribution in [1.29, 1.82) is 0 Å². The fourth-order valence-electron chi connectivity index (χ4n) is 5.36. The standard InChI is InChI=1S/C27H42N8O3S/c1-5-22-26(29-10-17-39(4,37)38)32-27(24(31-22)25(28)36)30-20-6-7-23(19(2)18-20)35-11-8-21(9-12-35)34-15-13-33(3)14-16-34/h6-7,18,21H,5,8-17H2,1-4H3,(H2,28,36)(H2,29,30,32). The van der Waals surface area contributed by atoms with Gasteiger partial charge in [0.05, 0.1) is 11.4 Å². The van der Waals surface area contributed by atoms with Gasteiger partial charge in [-0.2, -0.15) is 0 Å². The smallest absolute Gasteiger partial charge is 0.271 e. The molecule has 214 valence electrons. The van der Waals surface area contributed by atoms with E-state index in [1.807, 2.05) is 19.1 Å². The van der Waals surface area contributed by atoms with E-state index in [2.05, 4.69) is 55.3 Å². The Bertz CT molecular complexity index is 1270. The number of piperazine rings is 1. The molecule has 2 saturated heterocycles. The van der Waals surface area contributed by atoms with Crippen molar-refractivity contribution < 1.29 is 13.2 Å². The summed E-state index contributed by atoms with van der Waals surface area (Å²) < 4.78 is 23.1. The molecule has 0 unspecified atom stereocenters. The number of amides is 1. The molecule has 2 aromatic rings. The molecule has 39 heavy (non-hydrogen) atoms. The number of hydrogen-bond acceptors (Lipinski definition) is 10. The number of primary amides is 1. The van der Waals surface area contributed by atoms with E-state index in [1.54, 1.807) is 0 Å². The van der Waals surface area contributed by atoms with E-state index in [-0.39, 0.29) is 23.8 Å². The number of benzene rings is 1. The Morgan fingerprint density at radius 1 is 1.08 bits per heavy atom. The van der Waals surface area contributed by atoms with Gasteiger partial charge in [-0.15, -0.1) is 0 Å². The van der Waals surface area contributed by atoms with E-state index in [1.165, 1.54) is 24.8 Å². The summed E-state index contributed by atoms with van der Waals surface area (Å²) in [5, 5.41) is 6.26. The highest BCUT2D eigenvalue weighted by Gasteiger charge is 2.27. The Morgan fingerprint density at radius 2 is 1.77 bits per heavy atom. The lowest BCUT2D eigenvalue weighted by Gasteiger charge is -2.43. The van der Waals surface area contributed by atoms with Crippen molar-refractivity contribution in [2.24, 2.45) is 5.73 Å². The molecular weight excluding hydrogens is 516 g/mol. The first-order chi connectivity index (χ1) is 18.5. The zero-order chi connectivity index (χ0) is 28.2. The molecule has 1 aromatic carbocycles. The first-order valence-corrected chi connectivity index (χ1v) is 15.8. The highest BCUT2D eigenvalue weighted by atomic mass is 32.2. The summed E-state index contributed by atoms with van der Waals surface area (Å²) in [7, 11) is -0.937. The topological polar surface area (TPSA) is 137 Å². The Labute approximate surface area is 232 Å². The zero-order valence-corrected chi connectivity index (χ0v) is 24.4. The Morgan fingerprint density at radius 3 is 2.36 bits per heavy atom. The summed E-state index contributed by atoms with van der Waals surface area (Å²) in [6.07, 6.45) is 4.03. The minimum Gasteiger partial charge on any atom is -0.371 e. The van der Waals surface area contributed by atoms with E-state index in [9.17, 15) is 13.2 Å². The second-order valence-electron chi connectivity index (χ2n) is 10.7. The van der Waals surface area contributed by atoms with Crippen LogP contribution < -0.4 is 21.3 Å². The van der Waals surface area contributed by atoms with Crippen LogP contribution in [0.15, 0.2) is 18.2 Å². The highest BCUT2D eigenvalue weighted by Crippen LogP contribution is 2.30. The second-order valence-corrected chi connectivity index (χ2v) is 12.9. The average molecular weight is 559 g/mol. The summed E-state index contributed by atoms with van der Waals surface area (Å²) in [6, 6.07) is 6.79. The van der Waals surface area contributed by atoms with Crippen LogP contribution in [0.1, 0.15) is 41.5 Å². The minimum absolute atomic E-state index is 0.0363. The normalized spacial score (nSPS) is 17.8. The quantitative estimate of drug-likeness (QED) is 0.396. The van der Waals surface area contributed by atoms with Gasteiger partial charge in [0.2, 0.25) is 0 Å². The number of nitrogens with zero attached hydrogens (tertiary/aromatic N) is 5. The van der Waals surface area contributed by atoms with Crippen LogP contribution in [0.4, 0.5) is 23.0 Å². The van der Waals surface area contributed by atoms with Crippen LogP contribution in [0.25, 0.3) is 0 Å². The van der Waals surface area contributed by atoms with Gasteiger partial charge in [0.25, 0.3) is 5.91 Å². The summed E-state index contributed by atoms with van der Waals surface area (Å²) in [6.45, 7) is 10.8. The van der Waals surface area contributed by atoms with Crippen molar-refractivity contribution in [3.63, 3.8) is 0 Å². The van der Waals surface area contributed by atoms with Gasteiger partial charge in [-0.1, -0.05) is 6.92 Å². The van der Waals surface area contributed by atoms with Gasteiger partial charge < -0.3 is 26.2 Å². The third kappa shape index (κ3) is 7.58. The number of aromatic nitrogens is 2. The molecule has 2 aliphatic heterocycles. The molecule has 0 atom stereocenters. The van der Waals surface area contributed by atoms with Gasteiger partial charge in [-0.05, 0) is 57.0 Å². The number of rotatable bonds is 10. The van der Waals surface area contributed by atoms with Crippen LogP contribution in [-0.4, -0.2) is 105 Å². The van der Waals surface area contributed by atoms with E-state index in [0.29, 0.717) is 24.0 Å². The molecule has 4 N–H and O–H groups in total. The summed E-state index contributed by atoms with van der Waals surface area (Å²) in [5.74, 6) is -0.0447. The van der Waals surface area contributed by atoms with Gasteiger partial charge in [-0.25, -0.2) is 18.4 Å². The fourth-order valence-corrected chi connectivity index (χ4v) is 5.83. The summed E-state index contributed by atoms with van der Waals surface area (Å²) in [5.41, 5.74) is 9.34. The van der Waals surface area contributed by atoms with Crippen molar-refractivity contribution >= 4 is 38.8 Å². The van der Waals surface area contributed by atoms with Crippen LogP contribution >= 0.6 is 0 Å². The molecule has 2 aliphatic rings. The molecule has 1 aromatic heterocycles. The molecule has 0 radical (unpaired) electrons. The van der Waals surface area contributed by atoms with Crippen LogP contribution in [0.5, 0.6) is 0 Å². The number of aryl methyl sites for hydroxylation is 2. The number of hydrogen-bond donors (Lipinski definition) is 3. The monoisotopic (exact) mass is 558 g/mol. The molecule has 12 heteroatoms. The molecule has 4 rings (SSSR count). The van der Waals surface area contributed by atoms with E-state index in [0.717, 1.165) is 50.5 Å². The van der Waals surface area contributed by atoms with Crippen molar-refractivity contribution in [2.75, 3.05) is 80.4 Å². The lowest BCUT2D eigenvalue weighted by Crippen LogP contribution is -2.52. The van der Waals surface area contributed by atoms with Crippen molar-refractivity contribution in [1.82, 2.24) is 19.8 Å². The number of piperidine rings is 1. The van der Waals surface area contributed by atoms with Crippen molar-refractivity contribution in [2.45, 2.75) is 39.2 Å². The van der Waals surface area contributed by atoms with Crippen molar-refractivity contribution in [3.8, 4) is 0 Å². The van der Waals surface area contributed by atoms with Gasteiger partial charge in [0.15, 0.2) is 11.5 Å². The molecule has 2 fully saturated rings. The van der Waals surface area contributed by atoms with E-state index >= 15 is 0 Å². The number of nitrogens with one attached hydrogen (secondary N) is 2. The SMILES string of the molecule is CCc1nc(C(N)=O)c(Nc2ccc(N3CCC(N4CCN(C)CC4)CC3)c(C)c2)nc1NCCS(C)(=O)=O. The summed E-state index contributed by atoms with van der Waals surface area (Å²) >= 11 is 0. The number of nitrogens with two attached hydrogens (primary N) is 1. The van der Waals surface area contributed by atoms with Gasteiger partial charge in [0.1, 0.15) is 15.7 Å². The molecule has 3 heterocycles. The number of carbonyl (C=O) groups is 1. The van der Waals surface area contributed by atoms with Gasteiger partial charge >= 0.3 is 0 Å². The fraction of sp³-hybridized carbons (Fsp3) is 0.593. The number of sulfone groups is 1. The van der Waals surface area contributed by atoms with Crippen LogP contribution in [-0.2, 0) is 16.3 Å². The first-order valence-electron chi connectivity index (χ1n) is 13.7. The maximum absolute atomic E-state index is 12.2. The Kier molecular flexibility index (Phi) is 9.29. The van der Waals surface area contributed by atoms with Crippen LogP contribution in [0.2, 0.25) is 0 Å². The average Bonchev–Trinajstić information content (AvgIpc) is 2.89. The molecule has 11 nitrogen and oxygen atoms in total. The molecule has 0 saturated carbocycles. The molecular formula is C27H42N8O3S. The molecule has 0 aliphatic carbocycles. The van der Waals surface area contributed by atoms with E-state index in [4.69, 9.17) is 5.73 Å². The van der Waals surface area contributed by atoms with Crippen LogP contribution in [0.3, 0.4) is 0 Å².